The number of carbonyl (C=O) groups excluding carboxylic acids is 2. The van der Waals surface area contributed by atoms with E-state index in [2.05, 4.69) is 12.2 Å². The van der Waals surface area contributed by atoms with Crippen LogP contribution in [0.15, 0.2) is 18.2 Å². The van der Waals surface area contributed by atoms with Gasteiger partial charge >= 0.3 is 0 Å². The van der Waals surface area contributed by atoms with E-state index in [0.29, 0.717) is 5.92 Å². The van der Waals surface area contributed by atoms with Crippen molar-refractivity contribution >= 4 is 17.5 Å². The van der Waals surface area contributed by atoms with E-state index in [1.807, 2.05) is 0 Å². The molecule has 0 saturated heterocycles. The molecular formula is C13H15FN2O2. The zero-order valence-corrected chi connectivity index (χ0v) is 10.1. The molecule has 4 nitrogen and oxygen atoms in total. The second-order valence-corrected chi connectivity index (χ2v) is 4.82. The first-order valence-corrected chi connectivity index (χ1v) is 5.87. The van der Waals surface area contributed by atoms with Crippen molar-refractivity contribution in [3.63, 3.8) is 0 Å². The Morgan fingerprint density at radius 1 is 1.39 bits per heavy atom. The first kappa shape index (κ1) is 12.5. The number of amides is 2. The summed E-state index contributed by atoms with van der Waals surface area (Å²) in [4.78, 5) is 23.0. The van der Waals surface area contributed by atoms with E-state index in [1.54, 1.807) is 0 Å². The van der Waals surface area contributed by atoms with Crippen LogP contribution in [0.5, 0.6) is 0 Å². The van der Waals surface area contributed by atoms with Crippen LogP contribution >= 0.6 is 0 Å². The quantitative estimate of drug-likeness (QED) is 0.860. The molecule has 0 heterocycles. The highest BCUT2D eigenvalue weighted by Crippen LogP contribution is 2.34. The van der Waals surface area contributed by atoms with Crippen LogP contribution in [0.3, 0.4) is 0 Å². The van der Waals surface area contributed by atoms with Crippen LogP contribution in [0.25, 0.3) is 0 Å². The van der Waals surface area contributed by atoms with Crippen LogP contribution in [-0.4, -0.2) is 11.8 Å². The molecule has 96 valence electrons. The summed E-state index contributed by atoms with van der Waals surface area (Å²) in [5.74, 6) is -0.914. The summed E-state index contributed by atoms with van der Waals surface area (Å²) in [6.45, 7) is 2.08. The number of anilines is 1. The third-order valence-electron chi connectivity index (χ3n) is 3.25. The summed E-state index contributed by atoms with van der Waals surface area (Å²) in [6, 6.07) is 3.57. The van der Waals surface area contributed by atoms with Gasteiger partial charge in [-0.05, 0) is 37.0 Å². The molecule has 0 aliphatic heterocycles. The van der Waals surface area contributed by atoms with Gasteiger partial charge in [-0.25, -0.2) is 4.39 Å². The predicted molar refractivity (Wildman–Crippen MR) is 65.4 cm³/mol. The Bertz CT molecular complexity index is 496. The van der Waals surface area contributed by atoms with Crippen LogP contribution < -0.4 is 11.1 Å². The van der Waals surface area contributed by atoms with Gasteiger partial charge in [0.25, 0.3) is 5.91 Å². The molecule has 1 aromatic rings. The minimum Gasteiger partial charge on any atom is -0.366 e. The number of carbonyl (C=O) groups is 2. The van der Waals surface area contributed by atoms with E-state index in [1.165, 1.54) is 12.1 Å². The molecular weight excluding hydrogens is 235 g/mol. The van der Waals surface area contributed by atoms with Crippen molar-refractivity contribution in [2.45, 2.75) is 19.8 Å². The maximum Gasteiger partial charge on any atom is 0.250 e. The third-order valence-corrected chi connectivity index (χ3v) is 3.25. The van der Waals surface area contributed by atoms with E-state index in [4.69, 9.17) is 5.73 Å². The highest BCUT2D eigenvalue weighted by Gasteiger charge is 2.31. The fourth-order valence-electron chi connectivity index (χ4n) is 2.18. The predicted octanol–water partition coefficient (Wildman–Crippen LogP) is 1.91. The zero-order chi connectivity index (χ0) is 13.3. The second-order valence-electron chi connectivity index (χ2n) is 4.82. The third kappa shape index (κ3) is 2.50. The topological polar surface area (TPSA) is 72.2 Å². The molecule has 0 atom stereocenters. The Morgan fingerprint density at radius 2 is 2.06 bits per heavy atom. The summed E-state index contributed by atoms with van der Waals surface area (Å²) in [7, 11) is 0. The Balaban J connectivity index is 2.13. The van der Waals surface area contributed by atoms with Gasteiger partial charge in [0.15, 0.2) is 0 Å². The average molecular weight is 250 g/mol. The first-order valence-electron chi connectivity index (χ1n) is 5.87. The number of hydrogen-bond acceptors (Lipinski definition) is 2. The molecule has 1 aliphatic carbocycles. The molecule has 1 aromatic carbocycles. The van der Waals surface area contributed by atoms with Gasteiger partial charge in [0.05, 0.1) is 11.3 Å². The van der Waals surface area contributed by atoms with Crippen molar-refractivity contribution in [3.8, 4) is 0 Å². The van der Waals surface area contributed by atoms with Crippen LogP contribution in [0.1, 0.15) is 30.1 Å². The van der Waals surface area contributed by atoms with Gasteiger partial charge in [-0.3, -0.25) is 9.59 Å². The average Bonchev–Trinajstić information content (AvgIpc) is 2.27. The molecule has 3 N–H and O–H groups in total. The molecule has 0 aromatic heterocycles. The van der Waals surface area contributed by atoms with Gasteiger partial charge in [-0.2, -0.15) is 0 Å². The smallest absolute Gasteiger partial charge is 0.250 e. The Hall–Kier alpha value is -1.91. The molecule has 0 unspecified atom stereocenters. The van der Waals surface area contributed by atoms with Crippen molar-refractivity contribution in [1.82, 2.24) is 0 Å². The molecule has 2 rings (SSSR count). The summed E-state index contributed by atoms with van der Waals surface area (Å²) in [5.41, 5.74) is 5.41. The molecule has 0 radical (unpaired) electrons. The maximum absolute atomic E-state index is 13.0. The van der Waals surface area contributed by atoms with Crippen LogP contribution in [0.2, 0.25) is 0 Å². The highest BCUT2D eigenvalue weighted by molar-refractivity contribution is 6.03. The molecule has 0 spiro atoms. The van der Waals surface area contributed by atoms with E-state index < -0.39 is 11.7 Å². The fourth-order valence-corrected chi connectivity index (χ4v) is 2.18. The van der Waals surface area contributed by atoms with Crippen molar-refractivity contribution in [2.24, 2.45) is 17.6 Å². The largest absolute Gasteiger partial charge is 0.366 e. The van der Waals surface area contributed by atoms with Crippen molar-refractivity contribution in [1.29, 1.82) is 0 Å². The second kappa shape index (κ2) is 4.76. The number of nitrogens with one attached hydrogen (secondary N) is 1. The number of halogens is 1. The molecule has 18 heavy (non-hydrogen) atoms. The van der Waals surface area contributed by atoms with E-state index in [0.717, 1.165) is 18.9 Å². The highest BCUT2D eigenvalue weighted by atomic mass is 19.1. The number of hydrogen-bond donors (Lipinski definition) is 2. The van der Waals surface area contributed by atoms with Gasteiger partial charge in [0.1, 0.15) is 5.82 Å². The Morgan fingerprint density at radius 3 is 2.61 bits per heavy atom. The van der Waals surface area contributed by atoms with Crippen molar-refractivity contribution in [3.05, 3.63) is 29.6 Å². The number of benzene rings is 1. The van der Waals surface area contributed by atoms with Gasteiger partial charge in [0.2, 0.25) is 5.91 Å². The lowest BCUT2D eigenvalue weighted by Crippen LogP contribution is -2.33. The monoisotopic (exact) mass is 250 g/mol. The SMILES string of the molecule is CC1CC(C(=O)Nc2ccc(F)cc2C(N)=O)C1. The molecule has 2 amide bonds. The summed E-state index contributed by atoms with van der Waals surface area (Å²) < 4.78 is 13.0. The van der Waals surface area contributed by atoms with Crippen molar-refractivity contribution < 1.29 is 14.0 Å². The standard InChI is InChI=1S/C13H15FN2O2/c1-7-4-8(5-7)13(18)16-11-3-2-9(14)6-10(11)12(15)17/h2-3,6-8H,4-5H2,1H3,(H2,15,17)(H,16,18). The number of primary amides is 1. The summed E-state index contributed by atoms with van der Waals surface area (Å²) in [5, 5.41) is 2.64. The van der Waals surface area contributed by atoms with Gasteiger partial charge in [-0.1, -0.05) is 6.92 Å². The van der Waals surface area contributed by atoms with E-state index >= 15 is 0 Å². The molecule has 1 aliphatic rings. The van der Waals surface area contributed by atoms with Crippen LogP contribution in [-0.2, 0) is 4.79 Å². The van der Waals surface area contributed by atoms with Gasteiger partial charge in [0, 0.05) is 5.92 Å². The number of rotatable bonds is 3. The molecule has 1 saturated carbocycles. The van der Waals surface area contributed by atoms with Crippen LogP contribution in [0, 0.1) is 17.7 Å². The van der Waals surface area contributed by atoms with Crippen LogP contribution in [0.4, 0.5) is 10.1 Å². The Labute approximate surface area is 104 Å². The molecule has 5 heteroatoms. The summed E-state index contributed by atoms with van der Waals surface area (Å²) >= 11 is 0. The van der Waals surface area contributed by atoms with E-state index in [9.17, 15) is 14.0 Å². The minimum atomic E-state index is -0.758. The van der Waals surface area contributed by atoms with Gasteiger partial charge in [-0.15, -0.1) is 0 Å². The zero-order valence-electron chi connectivity index (χ0n) is 10.1. The Kier molecular flexibility index (Phi) is 3.32. The first-order chi connectivity index (χ1) is 8.47. The lowest BCUT2D eigenvalue weighted by molar-refractivity contribution is -0.123. The maximum atomic E-state index is 13.0. The number of nitrogens with two attached hydrogens (primary N) is 1. The normalized spacial score (nSPS) is 22.1. The van der Waals surface area contributed by atoms with Crippen molar-refractivity contribution in [2.75, 3.05) is 5.32 Å². The summed E-state index contributed by atoms with van der Waals surface area (Å²) in [6.07, 6.45) is 1.69. The van der Waals surface area contributed by atoms with E-state index in [-0.39, 0.29) is 23.1 Å². The lowest BCUT2D eigenvalue weighted by atomic mass is 9.75. The lowest BCUT2D eigenvalue weighted by Gasteiger charge is -2.31. The van der Waals surface area contributed by atoms with Gasteiger partial charge < -0.3 is 11.1 Å². The molecule has 0 bridgehead atoms. The minimum absolute atomic E-state index is 0.00396. The fraction of sp³-hybridized carbons (Fsp3) is 0.385. The molecule has 1 fully saturated rings.